The van der Waals surface area contributed by atoms with Gasteiger partial charge in [0.25, 0.3) is 5.89 Å². The van der Waals surface area contributed by atoms with Crippen molar-refractivity contribution in [3.05, 3.63) is 21.8 Å². The Morgan fingerprint density at radius 3 is 2.85 bits per heavy atom. The van der Waals surface area contributed by atoms with Crippen LogP contribution in [0.15, 0.2) is 20.3 Å². The number of hydrogen-bond acceptors (Lipinski definition) is 6. The van der Waals surface area contributed by atoms with Gasteiger partial charge in [0.1, 0.15) is 0 Å². The van der Waals surface area contributed by atoms with E-state index in [1.54, 1.807) is 11.3 Å². The van der Waals surface area contributed by atoms with Crippen molar-refractivity contribution in [3.63, 3.8) is 0 Å². The highest BCUT2D eigenvalue weighted by Crippen LogP contribution is 2.30. The summed E-state index contributed by atoms with van der Waals surface area (Å²) in [7, 11) is 0. The lowest BCUT2D eigenvalue weighted by Gasteiger charge is -2.18. The first-order valence-corrected chi connectivity index (χ1v) is 8.25. The van der Waals surface area contributed by atoms with Crippen molar-refractivity contribution >= 4 is 27.3 Å². The van der Waals surface area contributed by atoms with Crippen molar-refractivity contribution in [2.45, 2.75) is 26.3 Å². The van der Waals surface area contributed by atoms with Gasteiger partial charge in [-0.25, -0.2) is 0 Å². The molecule has 0 saturated heterocycles. The van der Waals surface area contributed by atoms with Crippen LogP contribution in [0.5, 0.6) is 0 Å². The van der Waals surface area contributed by atoms with E-state index in [9.17, 15) is 0 Å². The molecule has 2 rings (SSSR count). The molecule has 0 atom stereocenters. The average Bonchev–Trinajstić information content (AvgIpc) is 3.05. The summed E-state index contributed by atoms with van der Waals surface area (Å²) in [5.74, 6) is 1.14. The Bertz CT molecular complexity index is 529. The summed E-state index contributed by atoms with van der Waals surface area (Å²) in [5, 5.41) is 17.2. The van der Waals surface area contributed by atoms with Crippen molar-refractivity contribution in [1.29, 1.82) is 0 Å². The van der Waals surface area contributed by atoms with Crippen LogP contribution in [0.4, 0.5) is 0 Å². The first kappa shape index (κ1) is 15.6. The third-order valence-corrected chi connectivity index (χ3v) is 4.47. The zero-order chi connectivity index (χ0) is 14.4. The van der Waals surface area contributed by atoms with Crippen molar-refractivity contribution in [2.75, 3.05) is 19.7 Å². The predicted molar refractivity (Wildman–Crippen MR) is 82.6 cm³/mol. The molecule has 20 heavy (non-hydrogen) atoms. The minimum Gasteiger partial charge on any atom is -0.419 e. The topological polar surface area (TPSA) is 62.4 Å². The summed E-state index contributed by atoms with van der Waals surface area (Å²) in [6, 6.07) is 3.91. The molecule has 5 nitrogen and oxygen atoms in total. The molecule has 0 aliphatic rings. The third kappa shape index (κ3) is 4.37. The lowest BCUT2D eigenvalue weighted by atomic mass is 10.3. The number of aliphatic hydroxyl groups is 1. The normalized spacial score (nSPS) is 11.4. The molecule has 0 saturated carbocycles. The number of nitrogens with zero attached hydrogens (tertiary/aromatic N) is 3. The van der Waals surface area contributed by atoms with Gasteiger partial charge in [0.15, 0.2) is 0 Å². The maximum absolute atomic E-state index is 9.09. The molecule has 0 aliphatic heterocycles. The van der Waals surface area contributed by atoms with Crippen LogP contribution in [0.1, 0.15) is 25.7 Å². The van der Waals surface area contributed by atoms with E-state index in [1.807, 2.05) is 12.1 Å². The van der Waals surface area contributed by atoms with Gasteiger partial charge in [0, 0.05) is 6.54 Å². The monoisotopic (exact) mass is 359 g/mol. The van der Waals surface area contributed by atoms with Gasteiger partial charge in [0.2, 0.25) is 5.89 Å². The largest absolute Gasteiger partial charge is 0.419 e. The first-order valence-electron chi connectivity index (χ1n) is 6.64. The second-order valence-corrected chi connectivity index (χ2v) is 6.92. The molecule has 0 spiro atoms. The van der Waals surface area contributed by atoms with Gasteiger partial charge >= 0.3 is 0 Å². The highest BCUT2D eigenvalue weighted by atomic mass is 79.9. The summed E-state index contributed by atoms with van der Waals surface area (Å²) < 4.78 is 6.72. The molecule has 0 aromatic carbocycles. The molecule has 7 heteroatoms. The Balaban J connectivity index is 2.00. The molecule has 2 aromatic heterocycles. The zero-order valence-corrected chi connectivity index (χ0v) is 13.8. The molecule has 0 radical (unpaired) electrons. The SMILES string of the molecule is CCCCN(CCO)Cc1nnc(-c2ccc(Br)s2)o1. The van der Waals surface area contributed by atoms with Crippen LogP contribution in [0.3, 0.4) is 0 Å². The fraction of sp³-hybridized carbons (Fsp3) is 0.538. The van der Waals surface area contributed by atoms with Gasteiger partial charge in [-0.05, 0) is 41.0 Å². The number of halogens is 1. The predicted octanol–water partition coefficient (Wildman–Crippen LogP) is 3.16. The van der Waals surface area contributed by atoms with Crippen molar-refractivity contribution in [3.8, 4) is 10.8 Å². The van der Waals surface area contributed by atoms with E-state index in [-0.39, 0.29) is 6.61 Å². The van der Waals surface area contributed by atoms with Crippen LogP contribution < -0.4 is 0 Å². The zero-order valence-electron chi connectivity index (χ0n) is 11.4. The fourth-order valence-electron chi connectivity index (χ4n) is 1.83. The van der Waals surface area contributed by atoms with Crippen LogP contribution in [-0.4, -0.2) is 39.9 Å². The van der Waals surface area contributed by atoms with E-state index in [1.165, 1.54) is 0 Å². The van der Waals surface area contributed by atoms with Crippen LogP contribution in [0, 0.1) is 0 Å². The van der Waals surface area contributed by atoms with Crippen LogP contribution in [0.2, 0.25) is 0 Å². The van der Waals surface area contributed by atoms with E-state index in [4.69, 9.17) is 9.52 Å². The number of unbranched alkanes of at least 4 members (excludes halogenated alkanes) is 1. The molecule has 0 aliphatic carbocycles. The van der Waals surface area contributed by atoms with E-state index < -0.39 is 0 Å². The van der Waals surface area contributed by atoms with Gasteiger partial charge in [-0.3, -0.25) is 4.90 Å². The minimum absolute atomic E-state index is 0.141. The van der Waals surface area contributed by atoms with Gasteiger partial charge in [0.05, 0.1) is 21.8 Å². The Kier molecular flexibility index (Phi) is 6.15. The van der Waals surface area contributed by atoms with Gasteiger partial charge in [-0.15, -0.1) is 21.5 Å². The molecule has 1 N–H and O–H groups in total. The van der Waals surface area contributed by atoms with Gasteiger partial charge in [-0.1, -0.05) is 13.3 Å². The number of aliphatic hydroxyl groups excluding tert-OH is 1. The van der Waals surface area contributed by atoms with Gasteiger partial charge < -0.3 is 9.52 Å². The molecule has 0 amide bonds. The summed E-state index contributed by atoms with van der Waals surface area (Å²) in [5.41, 5.74) is 0. The molecular weight excluding hydrogens is 342 g/mol. The van der Waals surface area contributed by atoms with Gasteiger partial charge in [-0.2, -0.15) is 0 Å². The lowest BCUT2D eigenvalue weighted by Crippen LogP contribution is -2.27. The van der Waals surface area contributed by atoms with E-state index in [2.05, 4.69) is 38.0 Å². The standard InChI is InChI=1S/C13H18BrN3O2S/c1-2-3-6-17(7-8-18)9-12-15-16-13(19-12)10-4-5-11(14)20-10/h4-5,18H,2-3,6-9H2,1H3. The van der Waals surface area contributed by atoms with Crippen molar-refractivity contribution in [1.82, 2.24) is 15.1 Å². The second-order valence-electron chi connectivity index (χ2n) is 4.46. The lowest BCUT2D eigenvalue weighted by molar-refractivity contribution is 0.177. The third-order valence-electron chi connectivity index (χ3n) is 2.85. The van der Waals surface area contributed by atoms with E-state index in [0.717, 1.165) is 28.0 Å². The molecule has 0 bridgehead atoms. The molecule has 2 aromatic rings. The molecule has 0 unspecified atom stereocenters. The number of aromatic nitrogens is 2. The highest BCUT2D eigenvalue weighted by Gasteiger charge is 2.13. The highest BCUT2D eigenvalue weighted by molar-refractivity contribution is 9.11. The molecule has 0 fully saturated rings. The quantitative estimate of drug-likeness (QED) is 0.784. The maximum Gasteiger partial charge on any atom is 0.257 e. The van der Waals surface area contributed by atoms with Crippen LogP contribution >= 0.6 is 27.3 Å². The van der Waals surface area contributed by atoms with Crippen molar-refractivity contribution < 1.29 is 9.52 Å². The summed E-state index contributed by atoms with van der Waals surface area (Å²) in [6.07, 6.45) is 2.22. The second kappa shape index (κ2) is 7.87. The van der Waals surface area contributed by atoms with Crippen molar-refractivity contribution in [2.24, 2.45) is 0 Å². The average molecular weight is 360 g/mol. The fourth-order valence-corrected chi connectivity index (χ4v) is 3.14. The van der Waals surface area contributed by atoms with Crippen LogP contribution in [-0.2, 0) is 6.54 Å². The minimum atomic E-state index is 0.141. The number of hydrogen-bond donors (Lipinski definition) is 1. The maximum atomic E-state index is 9.09. The smallest absolute Gasteiger partial charge is 0.257 e. The summed E-state index contributed by atoms with van der Waals surface area (Å²) in [4.78, 5) is 3.09. The molecule has 110 valence electrons. The van der Waals surface area contributed by atoms with E-state index in [0.29, 0.717) is 24.9 Å². The number of thiophene rings is 1. The molecular formula is C13H18BrN3O2S. The Morgan fingerprint density at radius 2 is 2.20 bits per heavy atom. The van der Waals surface area contributed by atoms with E-state index >= 15 is 0 Å². The van der Waals surface area contributed by atoms with Crippen LogP contribution in [0.25, 0.3) is 10.8 Å². The first-order chi connectivity index (χ1) is 9.72. The Morgan fingerprint density at radius 1 is 1.35 bits per heavy atom. The Labute approximate surface area is 130 Å². The summed E-state index contributed by atoms with van der Waals surface area (Å²) >= 11 is 4.98. The summed E-state index contributed by atoms with van der Waals surface area (Å²) in [6.45, 7) is 4.43. The molecule has 2 heterocycles. The Hall–Kier alpha value is -0.760. The number of rotatable bonds is 8.